The summed E-state index contributed by atoms with van der Waals surface area (Å²) < 4.78 is 9.77. The zero-order valence-electron chi connectivity index (χ0n) is 9.22. The van der Waals surface area contributed by atoms with E-state index in [1.165, 1.54) is 0 Å². The molecule has 0 aliphatic carbocycles. The van der Waals surface area contributed by atoms with Crippen LogP contribution in [-0.4, -0.2) is 24.7 Å². The lowest BCUT2D eigenvalue weighted by molar-refractivity contribution is -0.148. The van der Waals surface area contributed by atoms with Gasteiger partial charge in [0.05, 0.1) is 6.61 Å². The summed E-state index contributed by atoms with van der Waals surface area (Å²) in [6.07, 6.45) is -0.128. The van der Waals surface area contributed by atoms with Crippen molar-refractivity contribution < 1.29 is 19.1 Å². The minimum Gasteiger partial charge on any atom is -0.459 e. The Labute approximate surface area is 98.7 Å². The molecule has 0 bridgehead atoms. The van der Waals surface area contributed by atoms with Gasteiger partial charge < -0.3 is 14.8 Å². The van der Waals surface area contributed by atoms with Crippen LogP contribution in [0.2, 0.25) is 0 Å². The van der Waals surface area contributed by atoms with Gasteiger partial charge in [-0.3, -0.25) is 0 Å². The van der Waals surface area contributed by atoms with Crippen molar-refractivity contribution in [2.24, 2.45) is 0 Å². The lowest BCUT2D eigenvalue weighted by Gasteiger charge is -2.21. The van der Waals surface area contributed by atoms with Crippen molar-refractivity contribution in [3.8, 4) is 0 Å². The molecule has 1 fully saturated rings. The fourth-order valence-electron chi connectivity index (χ4n) is 1.53. The Morgan fingerprint density at radius 2 is 2.18 bits per heavy atom. The van der Waals surface area contributed by atoms with E-state index in [0.29, 0.717) is 6.42 Å². The Balaban J connectivity index is 1.83. The van der Waals surface area contributed by atoms with Crippen molar-refractivity contribution >= 4 is 12.1 Å². The number of cyclic esters (lactones) is 1. The van der Waals surface area contributed by atoms with Crippen LogP contribution in [0.1, 0.15) is 12.0 Å². The molecule has 0 saturated carbocycles. The highest BCUT2D eigenvalue weighted by atomic mass is 16.6. The SMILES string of the molecule is O=C1N[C@H](C(=O)OCc2ccccc2)CCO1. The van der Waals surface area contributed by atoms with E-state index in [1.54, 1.807) is 0 Å². The topological polar surface area (TPSA) is 64.6 Å². The van der Waals surface area contributed by atoms with E-state index < -0.39 is 18.1 Å². The molecule has 1 aromatic rings. The fourth-order valence-corrected chi connectivity index (χ4v) is 1.53. The normalized spacial score (nSPS) is 19.1. The van der Waals surface area contributed by atoms with Gasteiger partial charge in [0.25, 0.3) is 0 Å². The molecule has 1 N–H and O–H groups in total. The number of hydrogen-bond donors (Lipinski definition) is 1. The van der Waals surface area contributed by atoms with Crippen LogP contribution < -0.4 is 5.32 Å². The molecular formula is C12H13NO4. The summed E-state index contributed by atoms with van der Waals surface area (Å²) in [5.41, 5.74) is 0.916. The summed E-state index contributed by atoms with van der Waals surface area (Å²) in [4.78, 5) is 22.5. The quantitative estimate of drug-likeness (QED) is 0.800. The van der Waals surface area contributed by atoms with Gasteiger partial charge >= 0.3 is 12.1 Å². The van der Waals surface area contributed by atoms with E-state index in [0.717, 1.165) is 5.56 Å². The number of rotatable bonds is 3. The first-order valence-electron chi connectivity index (χ1n) is 5.39. The molecule has 5 heteroatoms. The summed E-state index contributed by atoms with van der Waals surface area (Å²) in [6, 6.07) is 8.79. The monoisotopic (exact) mass is 235 g/mol. The Bertz CT molecular complexity index is 404. The number of carbonyl (C=O) groups is 2. The summed E-state index contributed by atoms with van der Waals surface area (Å²) in [5, 5.41) is 2.42. The van der Waals surface area contributed by atoms with Crippen molar-refractivity contribution in [3.63, 3.8) is 0 Å². The Hall–Kier alpha value is -2.04. The molecule has 1 saturated heterocycles. The van der Waals surface area contributed by atoms with Gasteiger partial charge in [-0.2, -0.15) is 0 Å². The van der Waals surface area contributed by atoms with Gasteiger partial charge in [0.1, 0.15) is 12.6 Å². The van der Waals surface area contributed by atoms with Gasteiger partial charge in [0.15, 0.2) is 0 Å². The molecule has 0 aromatic heterocycles. The van der Waals surface area contributed by atoms with E-state index in [2.05, 4.69) is 10.1 Å². The maximum Gasteiger partial charge on any atom is 0.407 e. The van der Waals surface area contributed by atoms with Crippen LogP contribution in [0.15, 0.2) is 30.3 Å². The van der Waals surface area contributed by atoms with Crippen molar-refractivity contribution in [2.45, 2.75) is 19.1 Å². The van der Waals surface area contributed by atoms with Crippen LogP contribution in [0.25, 0.3) is 0 Å². The third-order valence-corrected chi connectivity index (χ3v) is 2.44. The lowest BCUT2D eigenvalue weighted by atomic mass is 10.2. The second-order valence-electron chi connectivity index (χ2n) is 3.71. The molecule has 17 heavy (non-hydrogen) atoms. The van der Waals surface area contributed by atoms with Gasteiger partial charge in [0.2, 0.25) is 0 Å². The number of ether oxygens (including phenoxy) is 2. The molecule has 1 atom stereocenters. The molecule has 0 unspecified atom stereocenters. The predicted molar refractivity (Wildman–Crippen MR) is 59.1 cm³/mol. The minimum absolute atomic E-state index is 0.215. The lowest BCUT2D eigenvalue weighted by Crippen LogP contribution is -2.46. The Kier molecular flexibility index (Phi) is 3.59. The molecule has 1 heterocycles. The first-order valence-corrected chi connectivity index (χ1v) is 5.39. The molecule has 1 aromatic carbocycles. The second kappa shape index (κ2) is 5.34. The maximum absolute atomic E-state index is 11.6. The molecule has 0 spiro atoms. The molecule has 1 aliphatic heterocycles. The number of esters is 1. The second-order valence-corrected chi connectivity index (χ2v) is 3.71. The molecule has 1 amide bonds. The fraction of sp³-hybridized carbons (Fsp3) is 0.333. The van der Waals surface area contributed by atoms with Gasteiger partial charge in [-0.25, -0.2) is 9.59 Å². The minimum atomic E-state index is -0.597. The largest absolute Gasteiger partial charge is 0.459 e. The average molecular weight is 235 g/mol. The van der Waals surface area contributed by atoms with E-state index in [-0.39, 0.29) is 13.2 Å². The number of nitrogens with one attached hydrogen (secondary N) is 1. The summed E-state index contributed by atoms with van der Waals surface area (Å²) in [5.74, 6) is -0.425. The van der Waals surface area contributed by atoms with Crippen molar-refractivity contribution in [1.29, 1.82) is 0 Å². The van der Waals surface area contributed by atoms with E-state index in [1.807, 2.05) is 30.3 Å². The maximum atomic E-state index is 11.6. The first kappa shape index (κ1) is 11.4. The zero-order valence-corrected chi connectivity index (χ0v) is 9.22. The van der Waals surface area contributed by atoms with Crippen LogP contribution in [0, 0.1) is 0 Å². The van der Waals surface area contributed by atoms with Gasteiger partial charge in [-0.15, -0.1) is 0 Å². The van der Waals surface area contributed by atoms with Crippen LogP contribution in [0.3, 0.4) is 0 Å². The zero-order chi connectivity index (χ0) is 12.1. The number of carbonyl (C=O) groups excluding carboxylic acids is 2. The molecule has 5 nitrogen and oxygen atoms in total. The van der Waals surface area contributed by atoms with Gasteiger partial charge in [0, 0.05) is 6.42 Å². The molecule has 1 aliphatic rings. The van der Waals surface area contributed by atoms with Crippen LogP contribution >= 0.6 is 0 Å². The van der Waals surface area contributed by atoms with Crippen LogP contribution in [0.4, 0.5) is 4.79 Å². The standard InChI is InChI=1S/C12H13NO4/c14-11(10-6-7-16-12(15)13-10)17-8-9-4-2-1-3-5-9/h1-5,10H,6-8H2,(H,13,15)/t10-/m0/s1. The summed E-state index contributed by atoms with van der Waals surface area (Å²) >= 11 is 0. The highest BCUT2D eigenvalue weighted by Gasteiger charge is 2.26. The molecule has 0 radical (unpaired) electrons. The van der Waals surface area contributed by atoms with Crippen molar-refractivity contribution in [2.75, 3.05) is 6.61 Å². The van der Waals surface area contributed by atoms with E-state index in [4.69, 9.17) is 4.74 Å². The number of alkyl carbamates (subject to hydrolysis) is 1. The highest BCUT2D eigenvalue weighted by Crippen LogP contribution is 2.06. The summed E-state index contributed by atoms with van der Waals surface area (Å²) in [6.45, 7) is 0.462. The van der Waals surface area contributed by atoms with E-state index in [9.17, 15) is 9.59 Å². The van der Waals surface area contributed by atoms with Crippen LogP contribution in [-0.2, 0) is 20.9 Å². The third kappa shape index (κ3) is 3.21. The van der Waals surface area contributed by atoms with Crippen molar-refractivity contribution in [1.82, 2.24) is 5.32 Å². The molecule has 2 rings (SSSR count). The van der Waals surface area contributed by atoms with Gasteiger partial charge in [-0.1, -0.05) is 30.3 Å². The predicted octanol–water partition coefficient (Wildman–Crippen LogP) is 1.23. The number of benzene rings is 1. The number of amides is 1. The van der Waals surface area contributed by atoms with Crippen LogP contribution in [0.5, 0.6) is 0 Å². The average Bonchev–Trinajstić information content (AvgIpc) is 2.37. The first-order chi connectivity index (χ1) is 8.25. The van der Waals surface area contributed by atoms with Crippen molar-refractivity contribution in [3.05, 3.63) is 35.9 Å². The Morgan fingerprint density at radius 1 is 1.41 bits per heavy atom. The van der Waals surface area contributed by atoms with Gasteiger partial charge in [-0.05, 0) is 5.56 Å². The molecular weight excluding hydrogens is 222 g/mol. The highest BCUT2D eigenvalue weighted by molar-refractivity contribution is 5.82. The smallest absolute Gasteiger partial charge is 0.407 e. The summed E-state index contributed by atoms with van der Waals surface area (Å²) in [7, 11) is 0. The Morgan fingerprint density at radius 3 is 2.88 bits per heavy atom. The molecule has 90 valence electrons. The number of hydrogen-bond acceptors (Lipinski definition) is 4. The third-order valence-electron chi connectivity index (χ3n) is 2.44. The van der Waals surface area contributed by atoms with E-state index >= 15 is 0 Å².